The Labute approximate surface area is 99.6 Å². The number of methoxy groups -OCH3 is 1. The molecule has 0 bridgehead atoms. The SMILES string of the molecule is COc1cc(S(N)(=O)=O)nc([N+](=O)[O-])c1C(F)F. The molecule has 0 amide bonds. The van der Waals surface area contributed by atoms with Gasteiger partial charge in [0.25, 0.3) is 21.5 Å². The first-order valence-corrected chi connectivity index (χ1v) is 5.77. The molecule has 8 nitrogen and oxygen atoms in total. The predicted octanol–water partition coefficient (Wildman–Crippen LogP) is 0.583. The smallest absolute Gasteiger partial charge is 0.377 e. The maximum Gasteiger partial charge on any atom is 0.377 e. The Morgan fingerprint density at radius 3 is 2.44 bits per heavy atom. The molecule has 0 aliphatic rings. The molecule has 2 N–H and O–H groups in total. The van der Waals surface area contributed by atoms with Crippen LogP contribution in [0.15, 0.2) is 11.1 Å². The number of pyridine rings is 1. The minimum Gasteiger partial charge on any atom is -0.496 e. The molecule has 1 aromatic heterocycles. The van der Waals surface area contributed by atoms with Gasteiger partial charge in [0.2, 0.25) is 0 Å². The van der Waals surface area contributed by atoms with Gasteiger partial charge in [-0.25, -0.2) is 22.3 Å². The molecular formula is C7H7F2N3O5S. The number of rotatable bonds is 4. The molecule has 1 aromatic rings. The summed E-state index contributed by atoms with van der Waals surface area (Å²) < 4.78 is 51.8. The molecule has 0 radical (unpaired) electrons. The zero-order chi connectivity index (χ0) is 14.1. The summed E-state index contributed by atoms with van der Waals surface area (Å²) in [5.74, 6) is -1.98. The van der Waals surface area contributed by atoms with Gasteiger partial charge in [-0.2, -0.15) is 0 Å². The van der Waals surface area contributed by atoms with Gasteiger partial charge in [-0.05, 0) is 9.91 Å². The first-order chi connectivity index (χ1) is 8.18. The van der Waals surface area contributed by atoms with Crippen molar-refractivity contribution in [2.24, 2.45) is 5.14 Å². The first kappa shape index (κ1) is 14.2. The summed E-state index contributed by atoms with van der Waals surface area (Å²) >= 11 is 0. The van der Waals surface area contributed by atoms with E-state index in [0.717, 1.165) is 7.11 Å². The quantitative estimate of drug-likeness (QED) is 0.636. The highest BCUT2D eigenvalue weighted by atomic mass is 32.2. The van der Waals surface area contributed by atoms with Crippen molar-refractivity contribution in [3.8, 4) is 5.75 Å². The molecule has 0 aromatic carbocycles. The maximum atomic E-state index is 12.7. The van der Waals surface area contributed by atoms with Crippen LogP contribution in [0.2, 0.25) is 0 Å². The average molecular weight is 283 g/mol. The van der Waals surface area contributed by atoms with Crippen LogP contribution in [0, 0.1) is 10.1 Å². The standard InChI is InChI=1S/C7H7F2N3O5S/c1-17-3-2-4(18(10,15)16)11-7(12(13)14)5(3)6(8)9/h2,6H,1H3,(H2,10,15,16). The summed E-state index contributed by atoms with van der Waals surface area (Å²) in [6, 6.07) is 0.601. The van der Waals surface area contributed by atoms with Crippen molar-refractivity contribution >= 4 is 15.8 Å². The first-order valence-electron chi connectivity index (χ1n) is 4.22. The van der Waals surface area contributed by atoms with Crippen LogP contribution in [0.4, 0.5) is 14.6 Å². The molecule has 0 fully saturated rings. The number of alkyl halides is 2. The number of hydrogen-bond acceptors (Lipinski definition) is 6. The van der Waals surface area contributed by atoms with E-state index in [4.69, 9.17) is 5.14 Å². The summed E-state index contributed by atoms with van der Waals surface area (Å²) in [6.07, 6.45) is -3.25. The number of halogens is 2. The van der Waals surface area contributed by atoms with E-state index in [9.17, 15) is 27.3 Å². The van der Waals surface area contributed by atoms with E-state index in [2.05, 4.69) is 9.72 Å². The minimum absolute atomic E-state index is 0.601. The lowest BCUT2D eigenvalue weighted by Gasteiger charge is -2.08. The lowest BCUT2D eigenvalue weighted by molar-refractivity contribution is -0.391. The van der Waals surface area contributed by atoms with Gasteiger partial charge in [0.1, 0.15) is 5.75 Å². The lowest BCUT2D eigenvalue weighted by Crippen LogP contribution is -2.16. The Morgan fingerprint density at radius 1 is 1.56 bits per heavy atom. The van der Waals surface area contributed by atoms with Gasteiger partial charge >= 0.3 is 5.82 Å². The zero-order valence-corrected chi connectivity index (χ0v) is 9.65. The van der Waals surface area contributed by atoms with E-state index in [1.807, 2.05) is 0 Å². The molecule has 100 valence electrons. The summed E-state index contributed by atoms with van der Waals surface area (Å²) in [5.41, 5.74) is -1.10. The number of nitro groups is 1. The number of aromatic nitrogens is 1. The summed E-state index contributed by atoms with van der Waals surface area (Å²) in [7, 11) is -3.42. The Hall–Kier alpha value is -1.88. The third-order valence-corrected chi connectivity index (χ3v) is 2.67. The van der Waals surface area contributed by atoms with Crippen LogP contribution in [0.25, 0.3) is 0 Å². The number of nitrogens with zero attached hydrogens (tertiary/aromatic N) is 2. The topological polar surface area (TPSA) is 125 Å². The Bertz CT molecular complexity index is 589. The van der Waals surface area contributed by atoms with Gasteiger partial charge in [0, 0.05) is 6.07 Å². The lowest BCUT2D eigenvalue weighted by atomic mass is 10.2. The Morgan fingerprint density at radius 2 is 2.11 bits per heavy atom. The summed E-state index contributed by atoms with van der Waals surface area (Å²) in [5, 5.41) is 14.4. The summed E-state index contributed by atoms with van der Waals surface area (Å²) in [4.78, 5) is 12.4. The van der Waals surface area contributed by atoms with Crippen molar-refractivity contribution in [1.29, 1.82) is 0 Å². The van der Waals surface area contributed by atoms with E-state index in [1.165, 1.54) is 0 Å². The summed E-state index contributed by atoms with van der Waals surface area (Å²) in [6.45, 7) is 0. The molecule has 1 rings (SSSR count). The van der Waals surface area contributed by atoms with E-state index in [1.54, 1.807) is 0 Å². The Kier molecular flexibility index (Phi) is 3.76. The van der Waals surface area contributed by atoms with E-state index in [-0.39, 0.29) is 0 Å². The molecular weight excluding hydrogens is 276 g/mol. The average Bonchev–Trinajstić information content (AvgIpc) is 2.25. The monoisotopic (exact) mass is 283 g/mol. The van der Waals surface area contributed by atoms with Crippen molar-refractivity contribution in [3.05, 3.63) is 21.7 Å². The van der Waals surface area contributed by atoms with Crippen LogP contribution in [0.3, 0.4) is 0 Å². The fourth-order valence-electron chi connectivity index (χ4n) is 1.16. The molecule has 0 atom stereocenters. The zero-order valence-electron chi connectivity index (χ0n) is 8.83. The van der Waals surface area contributed by atoms with E-state index < -0.39 is 43.5 Å². The highest BCUT2D eigenvalue weighted by molar-refractivity contribution is 7.89. The van der Waals surface area contributed by atoms with Crippen LogP contribution in [-0.2, 0) is 10.0 Å². The highest BCUT2D eigenvalue weighted by Gasteiger charge is 2.32. The third kappa shape index (κ3) is 2.68. The van der Waals surface area contributed by atoms with Crippen molar-refractivity contribution < 1.29 is 26.9 Å². The number of sulfonamides is 1. The van der Waals surface area contributed by atoms with Crippen LogP contribution in [-0.4, -0.2) is 25.4 Å². The fourth-order valence-corrected chi connectivity index (χ4v) is 1.64. The molecule has 11 heteroatoms. The van der Waals surface area contributed by atoms with Crippen molar-refractivity contribution in [3.63, 3.8) is 0 Å². The second-order valence-corrected chi connectivity index (χ2v) is 4.51. The normalized spacial score (nSPS) is 11.6. The molecule has 0 unspecified atom stereocenters. The van der Waals surface area contributed by atoms with Crippen LogP contribution in [0.1, 0.15) is 12.0 Å². The van der Waals surface area contributed by atoms with Crippen molar-refractivity contribution in [1.82, 2.24) is 4.98 Å². The van der Waals surface area contributed by atoms with Crippen LogP contribution in [0.5, 0.6) is 5.75 Å². The number of hydrogen-bond donors (Lipinski definition) is 1. The predicted molar refractivity (Wildman–Crippen MR) is 53.8 cm³/mol. The van der Waals surface area contributed by atoms with Gasteiger partial charge in [0.15, 0.2) is 5.56 Å². The van der Waals surface area contributed by atoms with Gasteiger partial charge in [-0.15, -0.1) is 0 Å². The fraction of sp³-hybridized carbons (Fsp3) is 0.286. The highest BCUT2D eigenvalue weighted by Crippen LogP contribution is 2.36. The Balaban J connectivity index is 3.70. The molecule has 0 saturated heterocycles. The number of nitrogens with two attached hydrogens (primary N) is 1. The second-order valence-electron chi connectivity index (χ2n) is 3.00. The van der Waals surface area contributed by atoms with E-state index >= 15 is 0 Å². The molecule has 18 heavy (non-hydrogen) atoms. The van der Waals surface area contributed by atoms with E-state index in [0.29, 0.717) is 6.07 Å². The van der Waals surface area contributed by atoms with Gasteiger partial charge in [0.05, 0.1) is 7.11 Å². The van der Waals surface area contributed by atoms with Gasteiger partial charge in [-0.1, -0.05) is 0 Å². The molecule has 1 heterocycles. The van der Waals surface area contributed by atoms with Crippen LogP contribution < -0.4 is 9.88 Å². The van der Waals surface area contributed by atoms with Crippen molar-refractivity contribution in [2.45, 2.75) is 11.5 Å². The van der Waals surface area contributed by atoms with Gasteiger partial charge < -0.3 is 14.9 Å². The maximum absolute atomic E-state index is 12.7. The largest absolute Gasteiger partial charge is 0.496 e. The molecule has 0 spiro atoms. The molecule has 0 aliphatic carbocycles. The third-order valence-electron chi connectivity index (χ3n) is 1.88. The van der Waals surface area contributed by atoms with Gasteiger partial charge in [-0.3, -0.25) is 0 Å². The van der Waals surface area contributed by atoms with Crippen molar-refractivity contribution in [2.75, 3.05) is 7.11 Å². The molecule has 0 aliphatic heterocycles. The second kappa shape index (κ2) is 4.78. The molecule has 0 saturated carbocycles. The number of ether oxygens (including phenoxy) is 1. The van der Waals surface area contributed by atoms with Crippen LogP contribution >= 0.6 is 0 Å². The minimum atomic E-state index is -4.37. The number of primary sulfonamides is 1.